The van der Waals surface area contributed by atoms with Gasteiger partial charge in [0.25, 0.3) is 0 Å². The fraction of sp³-hybridized carbons (Fsp3) is 0.250. The molecule has 2 nitrogen and oxygen atoms in total. The minimum atomic E-state index is 0.851. The van der Waals surface area contributed by atoms with Gasteiger partial charge in [0.1, 0.15) is 0 Å². The van der Waals surface area contributed by atoms with Crippen molar-refractivity contribution in [2.24, 2.45) is 4.99 Å². The average Bonchev–Trinajstić information content (AvgIpc) is 1.69. The summed E-state index contributed by atoms with van der Waals surface area (Å²) in [6.07, 6.45) is 6.33. The van der Waals surface area contributed by atoms with Gasteiger partial charge in [0, 0.05) is 6.20 Å². The normalized spacial score (nSPS) is 18.1. The first-order chi connectivity index (χ1) is 3.39. The maximum Gasteiger partial charge on any atom is 0.183 e. The largest absolute Gasteiger partial charge is 0.286 e. The third-order valence-corrected chi connectivity index (χ3v) is 1.06. The molecular weight excluding hydrogens is 156 g/mol. The lowest BCUT2D eigenvalue weighted by atomic mass is 10.6. The molecule has 3 heteroatoms. The molecule has 0 saturated carbocycles. The second-order valence-electron chi connectivity index (χ2n) is 1.16. The van der Waals surface area contributed by atoms with Crippen LogP contribution in [0.2, 0.25) is 0 Å². The first-order valence-electron chi connectivity index (χ1n) is 1.93. The average molecular weight is 160 g/mol. The lowest BCUT2D eigenvalue weighted by molar-refractivity contribution is 0.793. The highest BCUT2D eigenvalue weighted by molar-refractivity contribution is 9.07. The summed E-state index contributed by atoms with van der Waals surface area (Å²) < 4.78 is 1.70. The van der Waals surface area contributed by atoms with Crippen molar-refractivity contribution in [2.45, 2.75) is 0 Å². The lowest BCUT2D eigenvalue weighted by Gasteiger charge is -2.05. The third kappa shape index (κ3) is 1.31. The van der Waals surface area contributed by atoms with Crippen LogP contribution in [0.4, 0.5) is 0 Å². The second-order valence-corrected chi connectivity index (χ2v) is 2.01. The Morgan fingerprint density at radius 1 is 1.86 bits per heavy atom. The van der Waals surface area contributed by atoms with E-state index in [2.05, 4.69) is 27.5 Å². The Bertz CT molecular complexity index is 108. The molecular formula is C4H4BrN2. The highest BCUT2D eigenvalue weighted by Gasteiger charge is 1.91. The van der Waals surface area contributed by atoms with Crippen LogP contribution in [0.15, 0.2) is 17.3 Å². The molecule has 0 spiro atoms. The van der Waals surface area contributed by atoms with Crippen LogP contribution in [0.5, 0.6) is 0 Å². The van der Waals surface area contributed by atoms with Crippen LogP contribution >= 0.6 is 16.1 Å². The molecule has 1 heterocycles. The fourth-order valence-corrected chi connectivity index (χ4v) is 0.588. The molecule has 1 aliphatic heterocycles. The van der Waals surface area contributed by atoms with Crippen molar-refractivity contribution in [3.05, 3.63) is 12.3 Å². The van der Waals surface area contributed by atoms with Gasteiger partial charge >= 0.3 is 0 Å². The number of halogens is 1. The van der Waals surface area contributed by atoms with Crippen LogP contribution in [-0.4, -0.2) is 16.8 Å². The quantitative estimate of drug-likeness (QED) is 0.483. The number of hydrogen-bond donors (Lipinski definition) is 0. The van der Waals surface area contributed by atoms with E-state index in [-0.39, 0.29) is 0 Å². The Balaban J connectivity index is 2.49. The first-order valence-corrected chi connectivity index (χ1v) is 2.64. The van der Waals surface area contributed by atoms with Gasteiger partial charge in [-0.3, -0.25) is 3.93 Å². The van der Waals surface area contributed by atoms with E-state index < -0.39 is 0 Å². The van der Waals surface area contributed by atoms with Crippen molar-refractivity contribution in [1.29, 1.82) is 0 Å². The van der Waals surface area contributed by atoms with Gasteiger partial charge in [-0.2, -0.15) is 0 Å². The molecule has 0 bridgehead atoms. The van der Waals surface area contributed by atoms with Crippen LogP contribution in [-0.2, 0) is 0 Å². The monoisotopic (exact) mass is 159 g/mol. The zero-order valence-electron chi connectivity index (χ0n) is 3.63. The summed E-state index contributed by atoms with van der Waals surface area (Å²) in [7, 11) is 0. The Kier molecular flexibility index (Phi) is 1.46. The van der Waals surface area contributed by atoms with Gasteiger partial charge in [0.2, 0.25) is 0 Å². The summed E-state index contributed by atoms with van der Waals surface area (Å²) >= 11 is 3.17. The maximum absolute atomic E-state index is 3.71. The molecule has 0 fully saturated rings. The molecule has 37 valence electrons. The SMILES string of the molecule is BrN1[C]=NC=CC1. The predicted octanol–water partition coefficient (Wildman–Crippen LogP) is 1.03. The topological polar surface area (TPSA) is 15.6 Å². The molecule has 0 aromatic rings. The Hall–Kier alpha value is -0.310. The van der Waals surface area contributed by atoms with Crippen molar-refractivity contribution >= 4 is 22.5 Å². The number of hydrogen-bond acceptors (Lipinski definition) is 2. The molecule has 0 atom stereocenters. The molecule has 7 heavy (non-hydrogen) atoms. The minimum absolute atomic E-state index is 0.851. The van der Waals surface area contributed by atoms with Crippen LogP contribution in [0, 0.1) is 0 Å². The lowest BCUT2D eigenvalue weighted by Crippen LogP contribution is -2.09. The number of aliphatic imine (C=N–C) groups is 1. The maximum atomic E-state index is 3.71. The van der Waals surface area contributed by atoms with Crippen molar-refractivity contribution in [1.82, 2.24) is 3.93 Å². The molecule has 1 rings (SSSR count). The predicted molar refractivity (Wildman–Crippen MR) is 32.2 cm³/mol. The molecule has 1 aliphatic rings. The van der Waals surface area contributed by atoms with Gasteiger partial charge < -0.3 is 0 Å². The molecule has 0 aliphatic carbocycles. The Morgan fingerprint density at radius 2 is 2.71 bits per heavy atom. The summed E-state index contributed by atoms with van der Waals surface area (Å²) in [6, 6.07) is 0. The van der Waals surface area contributed by atoms with E-state index in [1.54, 1.807) is 10.1 Å². The highest BCUT2D eigenvalue weighted by atomic mass is 79.9. The molecule has 0 saturated heterocycles. The van der Waals surface area contributed by atoms with E-state index in [1.807, 2.05) is 6.08 Å². The summed E-state index contributed by atoms with van der Waals surface area (Å²) in [6.45, 7) is 0.851. The van der Waals surface area contributed by atoms with Gasteiger partial charge in [-0.1, -0.05) is 0 Å². The second kappa shape index (κ2) is 2.12. The minimum Gasteiger partial charge on any atom is -0.286 e. The van der Waals surface area contributed by atoms with Crippen molar-refractivity contribution in [2.75, 3.05) is 6.54 Å². The third-order valence-electron chi connectivity index (χ3n) is 0.612. The molecule has 0 aromatic carbocycles. The van der Waals surface area contributed by atoms with Gasteiger partial charge in [0.15, 0.2) is 6.34 Å². The van der Waals surface area contributed by atoms with E-state index in [9.17, 15) is 0 Å². The van der Waals surface area contributed by atoms with Gasteiger partial charge in [-0.25, -0.2) is 4.99 Å². The molecule has 1 radical (unpaired) electrons. The zero-order chi connectivity index (χ0) is 5.11. The number of rotatable bonds is 0. The van der Waals surface area contributed by atoms with Gasteiger partial charge in [0.05, 0.1) is 22.7 Å². The van der Waals surface area contributed by atoms with Crippen molar-refractivity contribution in [3.63, 3.8) is 0 Å². The van der Waals surface area contributed by atoms with Gasteiger partial charge in [-0.05, 0) is 6.08 Å². The summed E-state index contributed by atoms with van der Waals surface area (Å²) in [5, 5.41) is 0. The summed E-state index contributed by atoms with van der Waals surface area (Å²) in [5.74, 6) is 0. The molecule has 0 N–H and O–H groups in total. The van der Waals surface area contributed by atoms with Crippen LogP contribution in [0.1, 0.15) is 0 Å². The molecule has 0 aromatic heterocycles. The standard InChI is InChI=1S/C4H4BrN2/c5-7-3-1-2-6-4-7/h1-2H,3H2. The Morgan fingerprint density at radius 3 is 3.00 bits per heavy atom. The Labute approximate surface area is 50.9 Å². The highest BCUT2D eigenvalue weighted by Crippen LogP contribution is 1.96. The van der Waals surface area contributed by atoms with Gasteiger partial charge in [-0.15, -0.1) is 0 Å². The van der Waals surface area contributed by atoms with E-state index in [4.69, 9.17) is 0 Å². The van der Waals surface area contributed by atoms with E-state index >= 15 is 0 Å². The fourth-order valence-electron chi connectivity index (χ4n) is 0.329. The molecule has 0 amide bonds. The molecule has 0 unspecified atom stereocenters. The smallest absolute Gasteiger partial charge is 0.183 e. The van der Waals surface area contributed by atoms with E-state index in [1.165, 1.54) is 0 Å². The van der Waals surface area contributed by atoms with E-state index in [0.29, 0.717) is 0 Å². The van der Waals surface area contributed by atoms with Crippen LogP contribution < -0.4 is 0 Å². The first kappa shape index (κ1) is 4.84. The van der Waals surface area contributed by atoms with E-state index in [0.717, 1.165) is 6.54 Å². The van der Waals surface area contributed by atoms with Crippen molar-refractivity contribution < 1.29 is 0 Å². The zero-order valence-corrected chi connectivity index (χ0v) is 5.22. The summed E-state index contributed by atoms with van der Waals surface area (Å²) in [5.41, 5.74) is 0. The van der Waals surface area contributed by atoms with Crippen LogP contribution in [0.3, 0.4) is 0 Å². The number of nitrogens with zero attached hydrogens (tertiary/aromatic N) is 2. The van der Waals surface area contributed by atoms with Crippen LogP contribution in [0.25, 0.3) is 0 Å². The summed E-state index contributed by atoms with van der Waals surface area (Å²) in [4.78, 5) is 3.71. The van der Waals surface area contributed by atoms with Crippen molar-refractivity contribution in [3.8, 4) is 0 Å².